The average Bonchev–Trinajstić information content (AvgIpc) is 3.18. The number of urea groups is 1. The SMILES string of the molecule is CCOc1ccccc1[C@@H]1NC(=O)N(CC(=O)Nc2cccc(C#N)c2)C2=C1C(=O)OC2. The van der Waals surface area contributed by atoms with Gasteiger partial charge in [-0.1, -0.05) is 24.3 Å². The van der Waals surface area contributed by atoms with Crippen LogP contribution in [0.2, 0.25) is 0 Å². The number of esters is 1. The van der Waals surface area contributed by atoms with Gasteiger partial charge in [-0.25, -0.2) is 9.59 Å². The molecular formula is C23H20N4O5. The number of para-hydroxylation sites is 1. The zero-order chi connectivity index (χ0) is 22.7. The molecule has 0 saturated heterocycles. The molecule has 162 valence electrons. The number of amides is 3. The highest BCUT2D eigenvalue weighted by Gasteiger charge is 2.43. The van der Waals surface area contributed by atoms with Gasteiger partial charge in [0.25, 0.3) is 0 Å². The van der Waals surface area contributed by atoms with Gasteiger partial charge in [0.15, 0.2) is 0 Å². The fraction of sp³-hybridized carbons (Fsp3) is 0.217. The summed E-state index contributed by atoms with van der Waals surface area (Å²) in [7, 11) is 0. The van der Waals surface area contributed by atoms with Crippen LogP contribution in [0, 0.1) is 11.3 Å². The van der Waals surface area contributed by atoms with E-state index in [1.807, 2.05) is 13.0 Å². The maximum Gasteiger partial charge on any atom is 0.338 e. The van der Waals surface area contributed by atoms with Crippen molar-refractivity contribution in [1.29, 1.82) is 5.26 Å². The van der Waals surface area contributed by atoms with Gasteiger partial charge in [0.2, 0.25) is 5.91 Å². The molecule has 3 amide bonds. The summed E-state index contributed by atoms with van der Waals surface area (Å²) in [6.45, 7) is 1.84. The summed E-state index contributed by atoms with van der Waals surface area (Å²) in [6.07, 6.45) is 0. The Kier molecular flexibility index (Phi) is 5.77. The molecule has 2 aromatic carbocycles. The highest BCUT2D eigenvalue weighted by molar-refractivity contribution is 6.00. The van der Waals surface area contributed by atoms with Crippen molar-refractivity contribution in [2.75, 3.05) is 25.1 Å². The number of cyclic esters (lactones) is 1. The van der Waals surface area contributed by atoms with E-state index in [1.165, 1.54) is 11.0 Å². The summed E-state index contributed by atoms with van der Waals surface area (Å²) in [4.78, 5) is 39.3. The molecule has 2 aliphatic rings. The van der Waals surface area contributed by atoms with Crippen LogP contribution in [0.25, 0.3) is 0 Å². The first-order valence-electron chi connectivity index (χ1n) is 10.0. The normalized spacial score (nSPS) is 17.2. The first-order valence-corrected chi connectivity index (χ1v) is 10.0. The number of nitriles is 1. The van der Waals surface area contributed by atoms with Gasteiger partial charge in [0, 0.05) is 11.3 Å². The Bertz CT molecular complexity index is 1170. The second-order valence-electron chi connectivity index (χ2n) is 7.12. The third-order valence-electron chi connectivity index (χ3n) is 5.11. The molecule has 1 atom stereocenters. The molecule has 2 heterocycles. The van der Waals surface area contributed by atoms with E-state index in [2.05, 4.69) is 10.6 Å². The van der Waals surface area contributed by atoms with Gasteiger partial charge in [-0.3, -0.25) is 9.69 Å². The number of ether oxygens (including phenoxy) is 2. The quantitative estimate of drug-likeness (QED) is 0.677. The predicted octanol–water partition coefficient (Wildman–Crippen LogP) is 2.47. The fourth-order valence-corrected chi connectivity index (χ4v) is 3.73. The lowest BCUT2D eigenvalue weighted by molar-refractivity contribution is -0.136. The minimum absolute atomic E-state index is 0.105. The van der Waals surface area contributed by atoms with Gasteiger partial charge >= 0.3 is 12.0 Å². The standard InChI is InChI=1S/C23H20N4O5/c1-2-31-18-9-4-3-8-16(18)21-20-17(13-32-22(20)29)27(23(30)26-21)12-19(28)25-15-7-5-6-14(10-15)11-24/h3-10,21H,2,12-13H2,1H3,(H,25,28)(H,26,30)/t21-/m0/s1. The summed E-state index contributed by atoms with van der Waals surface area (Å²) in [5.41, 5.74) is 2.08. The van der Waals surface area contributed by atoms with Crippen molar-refractivity contribution in [3.63, 3.8) is 0 Å². The Morgan fingerprint density at radius 3 is 2.88 bits per heavy atom. The molecule has 4 rings (SSSR count). The first-order chi connectivity index (χ1) is 15.5. The van der Waals surface area contributed by atoms with Crippen molar-refractivity contribution < 1.29 is 23.9 Å². The number of nitrogens with one attached hydrogen (secondary N) is 2. The molecule has 2 aromatic rings. The van der Waals surface area contributed by atoms with Crippen LogP contribution in [-0.2, 0) is 14.3 Å². The van der Waals surface area contributed by atoms with Crippen LogP contribution < -0.4 is 15.4 Å². The Morgan fingerprint density at radius 1 is 1.28 bits per heavy atom. The topological polar surface area (TPSA) is 121 Å². The van der Waals surface area contributed by atoms with Gasteiger partial charge in [-0.15, -0.1) is 0 Å². The van der Waals surface area contributed by atoms with Crippen molar-refractivity contribution in [3.05, 3.63) is 70.9 Å². The monoisotopic (exact) mass is 432 g/mol. The minimum atomic E-state index is -0.748. The zero-order valence-electron chi connectivity index (χ0n) is 17.3. The second kappa shape index (κ2) is 8.81. The van der Waals surface area contributed by atoms with Crippen molar-refractivity contribution in [1.82, 2.24) is 10.2 Å². The van der Waals surface area contributed by atoms with E-state index in [4.69, 9.17) is 14.7 Å². The molecule has 0 aliphatic carbocycles. The summed E-state index contributed by atoms with van der Waals surface area (Å²) in [5, 5.41) is 14.5. The molecule has 0 spiro atoms. The van der Waals surface area contributed by atoms with E-state index < -0.39 is 23.9 Å². The Labute approximate surface area is 184 Å². The van der Waals surface area contributed by atoms with E-state index in [1.54, 1.807) is 42.5 Å². The number of carbonyl (C=O) groups is 3. The smallest absolute Gasteiger partial charge is 0.338 e. The number of carbonyl (C=O) groups excluding carboxylic acids is 3. The summed E-state index contributed by atoms with van der Waals surface area (Å²) < 4.78 is 10.9. The van der Waals surface area contributed by atoms with Crippen LogP contribution >= 0.6 is 0 Å². The number of benzene rings is 2. The molecule has 0 bridgehead atoms. The van der Waals surface area contributed by atoms with Crippen molar-refractivity contribution in [3.8, 4) is 11.8 Å². The van der Waals surface area contributed by atoms with E-state index in [0.717, 1.165) is 0 Å². The maximum absolute atomic E-state index is 12.9. The van der Waals surface area contributed by atoms with Crippen molar-refractivity contribution in [2.24, 2.45) is 0 Å². The highest BCUT2D eigenvalue weighted by Crippen LogP contribution is 2.38. The van der Waals surface area contributed by atoms with Gasteiger partial charge in [0.05, 0.1) is 35.6 Å². The summed E-state index contributed by atoms with van der Waals surface area (Å²) >= 11 is 0. The first kappa shape index (κ1) is 20.9. The Balaban J connectivity index is 1.61. The molecule has 32 heavy (non-hydrogen) atoms. The van der Waals surface area contributed by atoms with Crippen molar-refractivity contribution >= 4 is 23.6 Å². The van der Waals surface area contributed by atoms with Crippen LogP contribution in [0.5, 0.6) is 5.75 Å². The fourth-order valence-electron chi connectivity index (χ4n) is 3.73. The molecule has 2 N–H and O–H groups in total. The van der Waals surface area contributed by atoms with Crippen LogP contribution in [0.1, 0.15) is 24.1 Å². The van der Waals surface area contributed by atoms with E-state index in [0.29, 0.717) is 34.9 Å². The Hall–Kier alpha value is -4.32. The van der Waals surface area contributed by atoms with E-state index in [9.17, 15) is 14.4 Å². The average molecular weight is 432 g/mol. The van der Waals surface area contributed by atoms with E-state index in [-0.39, 0.29) is 18.7 Å². The molecule has 9 nitrogen and oxygen atoms in total. The summed E-state index contributed by atoms with van der Waals surface area (Å²) in [6, 6.07) is 14.3. The predicted molar refractivity (Wildman–Crippen MR) is 113 cm³/mol. The molecule has 0 radical (unpaired) electrons. The number of rotatable bonds is 6. The van der Waals surface area contributed by atoms with Gasteiger partial charge in [-0.2, -0.15) is 5.26 Å². The molecule has 0 unspecified atom stereocenters. The lowest BCUT2D eigenvalue weighted by Gasteiger charge is -2.33. The molecule has 0 saturated carbocycles. The van der Waals surface area contributed by atoms with Gasteiger partial charge < -0.3 is 20.1 Å². The minimum Gasteiger partial charge on any atom is -0.494 e. The highest BCUT2D eigenvalue weighted by atomic mass is 16.5. The van der Waals surface area contributed by atoms with Gasteiger partial charge in [-0.05, 0) is 31.2 Å². The van der Waals surface area contributed by atoms with E-state index >= 15 is 0 Å². The lowest BCUT2D eigenvalue weighted by Crippen LogP contribution is -2.49. The molecule has 2 aliphatic heterocycles. The number of anilines is 1. The van der Waals surface area contributed by atoms with Crippen LogP contribution in [0.15, 0.2) is 59.8 Å². The van der Waals surface area contributed by atoms with Crippen LogP contribution in [0.3, 0.4) is 0 Å². The lowest BCUT2D eigenvalue weighted by atomic mass is 9.95. The zero-order valence-corrected chi connectivity index (χ0v) is 17.3. The number of hydrogen-bond donors (Lipinski definition) is 2. The second-order valence-corrected chi connectivity index (χ2v) is 7.12. The molecule has 0 aromatic heterocycles. The molecule has 0 fully saturated rings. The van der Waals surface area contributed by atoms with Crippen LogP contribution in [-0.4, -0.2) is 42.6 Å². The van der Waals surface area contributed by atoms with Gasteiger partial charge in [0.1, 0.15) is 18.9 Å². The largest absolute Gasteiger partial charge is 0.494 e. The molecular weight excluding hydrogens is 412 g/mol. The summed E-state index contributed by atoms with van der Waals surface area (Å²) in [5.74, 6) is -0.478. The number of hydrogen-bond acceptors (Lipinski definition) is 6. The maximum atomic E-state index is 12.9. The van der Waals surface area contributed by atoms with Crippen LogP contribution in [0.4, 0.5) is 10.5 Å². The van der Waals surface area contributed by atoms with Crippen molar-refractivity contribution in [2.45, 2.75) is 13.0 Å². The molecule has 9 heteroatoms. The third kappa shape index (κ3) is 3.98. The number of nitrogens with zero attached hydrogens (tertiary/aromatic N) is 2. The Morgan fingerprint density at radius 2 is 2.09 bits per heavy atom. The third-order valence-corrected chi connectivity index (χ3v) is 5.11.